The van der Waals surface area contributed by atoms with Gasteiger partial charge in [0.2, 0.25) is 0 Å². The predicted octanol–water partition coefficient (Wildman–Crippen LogP) is 2.71. The highest BCUT2D eigenvalue weighted by Gasteiger charge is 2.19. The van der Waals surface area contributed by atoms with Gasteiger partial charge in [-0.1, -0.05) is 5.16 Å². The van der Waals surface area contributed by atoms with E-state index in [-0.39, 0.29) is 10.7 Å². The molecule has 0 amide bonds. The van der Waals surface area contributed by atoms with Gasteiger partial charge in [0, 0.05) is 16.1 Å². The highest BCUT2D eigenvalue weighted by Crippen LogP contribution is 2.30. The lowest BCUT2D eigenvalue weighted by atomic mass is 10.2. The second-order valence-electron chi connectivity index (χ2n) is 4.14. The summed E-state index contributed by atoms with van der Waals surface area (Å²) in [6.45, 7) is 1.74. The van der Waals surface area contributed by atoms with Crippen molar-refractivity contribution in [3.8, 4) is 0 Å². The number of halogens is 1. The second-order valence-corrected chi connectivity index (χ2v) is 8.43. The van der Waals surface area contributed by atoms with Crippen molar-refractivity contribution < 1.29 is 13.6 Å². The summed E-state index contributed by atoms with van der Waals surface area (Å²) < 4.78 is 27.8. The van der Waals surface area contributed by atoms with E-state index in [1.165, 1.54) is 11.3 Å². The number of thiophene rings is 1. The van der Waals surface area contributed by atoms with Gasteiger partial charge in [-0.25, -0.2) is 8.42 Å². The van der Waals surface area contributed by atoms with Gasteiger partial charge in [-0.15, -0.1) is 11.3 Å². The van der Waals surface area contributed by atoms with Gasteiger partial charge in [-0.05, 0) is 53.2 Å². The van der Waals surface area contributed by atoms with Crippen LogP contribution in [0.5, 0.6) is 0 Å². The monoisotopic (exact) mass is 389 g/mol. The Labute approximate surface area is 134 Å². The van der Waals surface area contributed by atoms with Gasteiger partial charge in [-0.3, -0.25) is 4.72 Å². The van der Waals surface area contributed by atoms with Crippen molar-refractivity contribution in [2.24, 2.45) is 10.9 Å². The van der Waals surface area contributed by atoms with Crippen LogP contribution in [0.3, 0.4) is 0 Å². The average molecular weight is 390 g/mol. The van der Waals surface area contributed by atoms with E-state index in [2.05, 4.69) is 25.8 Å². The first kappa shape index (κ1) is 15.8. The number of anilines is 1. The van der Waals surface area contributed by atoms with Crippen molar-refractivity contribution in [1.82, 2.24) is 0 Å². The van der Waals surface area contributed by atoms with E-state index in [1.54, 1.807) is 37.3 Å². The molecule has 1 aromatic heterocycles. The van der Waals surface area contributed by atoms with Gasteiger partial charge in [0.05, 0.1) is 3.79 Å². The van der Waals surface area contributed by atoms with Crippen LogP contribution in [0.4, 0.5) is 5.69 Å². The number of nitrogens with one attached hydrogen (secondary N) is 1. The van der Waals surface area contributed by atoms with Crippen LogP contribution in [0.2, 0.25) is 0 Å². The molecule has 0 saturated heterocycles. The maximum atomic E-state index is 12.3. The fourth-order valence-electron chi connectivity index (χ4n) is 1.67. The van der Waals surface area contributed by atoms with E-state index in [0.29, 0.717) is 16.1 Å². The van der Waals surface area contributed by atoms with E-state index in [1.807, 2.05) is 0 Å². The first-order valence-electron chi connectivity index (χ1n) is 5.70. The van der Waals surface area contributed by atoms with Crippen molar-refractivity contribution in [3.05, 3.63) is 44.6 Å². The molecule has 0 bridgehead atoms. The minimum Gasteiger partial charge on any atom is -0.409 e. The van der Waals surface area contributed by atoms with Gasteiger partial charge < -0.3 is 10.9 Å². The Hall–Kier alpha value is -1.58. The van der Waals surface area contributed by atoms with Crippen molar-refractivity contribution in [1.29, 1.82) is 0 Å². The number of aryl methyl sites for hydroxylation is 1. The molecule has 0 radical (unpaired) electrons. The van der Waals surface area contributed by atoms with Crippen LogP contribution in [0.15, 0.2) is 44.2 Å². The minimum atomic E-state index is -3.64. The summed E-state index contributed by atoms with van der Waals surface area (Å²) in [6, 6.07) is 7.77. The van der Waals surface area contributed by atoms with Crippen LogP contribution in [0, 0.1) is 6.92 Å². The molecule has 112 valence electrons. The van der Waals surface area contributed by atoms with Crippen LogP contribution in [0.25, 0.3) is 0 Å². The zero-order chi connectivity index (χ0) is 15.6. The zero-order valence-electron chi connectivity index (χ0n) is 10.9. The zero-order valence-corrected chi connectivity index (χ0v) is 14.1. The van der Waals surface area contributed by atoms with E-state index < -0.39 is 10.0 Å². The molecule has 0 spiro atoms. The lowest BCUT2D eigenvalue weighted by Gasteiger charge is -2.08. The molecule has 1 aromatic carbocycles. The van der Waals surface area contributed by atoms with Crippen LogP contribution in [0.1, 0.15) is 10.4 Å². The molecule has 0 aliphatic carbocycles. The largest absolute Gasteiger partial charge is 0.409 e. The summed E-state index contributed by atoms with van der Waals surface area (Å²) in [4.78, 5) is 0.933. The molecule has 0 aliphatic rings. The Morgan fingerprint density at radius 1 is 1.38 bits per heavy atom. The third-order valence-electron chi connectivity index (χ3n) is 2.67. The third kappa shape index (κ3) is 3.55. The van der Waals surface area contributed by atoms with Gasteiger partial charge in [0.25, 0.3) is 10.0 Å². The number of rotatable bonds is 4. The predicted molar refractivity (Wildman–Crippen MR) is 86.5 cm³/mol. The molecule has 9 heteroatoms. The van der Waals surface area contributed by atoms with Gasteiger partial charge in [-0.2, -0.15) is 0 Å². The number of benzene rings is 1. The van der Waals surface area contributed by atoms with E-state index in [4.69, 9.17) is 10.9 Å². The van der Waals surface area contributed by atoms with E-state index in [9.17, 15) is 8.42 Å². The molecule has 0 aliphatic heterocycles. The summed E-state index contributed by atoms with van der Waals surface area (Å²) in [6.07, 6.45) is 0. The SMILES string of the molecule is Cc1sc(Br)cc1S(=O)(=O)Nc1ccc(/C(N)=N/O)cc1. The molecule has 0 saturated carbocycles. The Morgan fingerprint density at radius 2 is 2.00 bits per heavy atom. The fourth-order valence-corrected chi connectivity index (χ4v) is 5.15. The fraction of sp³-hybridized carbons (Fsp3) is 0.0833. The van der Waals surface area contributed by atoms with Crippen LogP contribution >= 0.6 is 27.3 Å². The first-order chi connectivity index (χ1) is 9.83. The molecule has 4 N–H and O–H groups in total. The number of hydrogen-bond acceptors (Lipinski definition) is 5. The molecule has 2 rings (SSSR count). The smallest absolute Gasteiger partial charge is 0.263 e. The number of nitrogens with zero attached hydrogens (tertiary/aromatic N) is 1. The summed E-state index contributed by atoms with van der Waals surface area (Å²) >= 11 is 4.62. The van der Waals surface area contributed by atoms with Crippen molar-refractivity contribution in [3.63, 3.8) is 0 Å². The average Bonchev–Trinajstić information content (AvgIpc) is 2.78. The number of nitrogens with two attached hydrogens (primary N) is 1. The molecule has 0 unspecified atom stereocenters. The van der Waals surface area contributed by atoms with Crippen LogP contribution in [-0.4, -0.2) is 19.5 Å². The van der Waals surface area contributed by atoms with Gasteiger partial charge in [0.1, 0.15) is 4.90 Å². The molecular weight excluding hydrogens is 378 g/mol. The van der Waals surface area contributed by atoms with E-state index >= 15 is 0 Å². The Morgan fingerprint density at radius 3 is 2.48 bits per heavy atom. The Kier molecular flexibility index (Phi) is 4.55. The minimum absolute atomic E-state index is 0.0398. The number of sulfonamides is 1. The number of oxime groups is 1. The Bertz CT molecular complexity index is 783. The number of amidine groups is 1. The highest BCUT2D eigenvalue weighted by molar-refractivity contribution is 9.11. The van der Waals surface area contributed by atoms with Crippen molar-refractivity contribution in [2.75, 3.05) is 4.72 Å². The standard InChI is InChI=1S/C12H12BrN3O3S2/c1-7-10(6-11(13)20-7)21(18,19)16-9-4-2-8(3-5-9)12(14)15-17/h2-6,16-17H,1H3,(H2,14,15). The Balaban J connectivity index is 2.27. The summed E-state index contributed by atoms with van der Waals surface area (Å²) in [7, 11) is -3.64. The quantitative estimate of drug-likeness (QED) is 0.323. The molecule has 6 nitrogen and oxygen atoms in total. The van der Waals surface area contributed by atoms with Crippen molar-refractivity contribution >= 4 is 48.8 Å². The lowest BCUT2D eigenvalue weighted by Crippen LogP contribution is -2.15. The van der Waals surface area contributed by atoms with Crippen LogP contribution < -0.4 is 10.5 Å². The lowest BCUT2D eigenvalue weighted by molar-refractivity contribution is 0.318. The topological polar surface area (TPSA) is 105 Å². The molecule has 21 heavy (non-hydrogen) atoms. The third-order valence-corrected chi connectivity index (χ3v) is 5.86. The molecule has 0 atom stereocenters. The molecule has 1 heterocycles. The summed E-state index contributed by atoms with van der Waals surface area (Å²) in [5.74, 6) is -0.0398. The second kappa shape index (κ2) is 6.04. The molecule has 0 fully saturated rings. The van der Waals surface area contributed by atoms with Crippen LogP contribution in [-0.2, 0) is 10.0 Å². The van der Waals surface area contributed by atoms with Gasteiger partial charge >= 0.3 is 0 Å². The first-order valence-corrected chi connectivity index (χ1v) is 8.79. The maximum Gasteiger partial charge on any atom is 0.263 e. The maximum absolute atomic E-state index is 12.3. The van der Waals surface area contributed by atoms with E-state index in [0.717, 1.165) is 3.79 Å². The molecular formula is C12H12BrN3O3S2. The van der Waals surface area contributed by atoms with Gasteiger partial charge in [0.15, 0.2) is 5.84 Å². The van der Waals surface area contributed by atoms with Crippen molar-refractivity contribution in [2.45, 2.75) is 11.8 Å². The highest BCUT2D eigenvalue weighted by atomic mass is 79.9. The number of hydrogen-bond donors (Lipinski definition) is 3. The summed E-state index contributed by atoms with van der Waals surface area (Å²) in [5.41, 5.74) is 6.33. The molecule has 2 aromatic rings. The normalized spacial score (nSPS) is 12.4. The summed E-state index contributed by atoms with van der Waals surface area (Å²) in [5, 5.41) is 11.5.